The van der Waals surface area contributed by atoms with Gasteiger partial charge in [0.1, 0.15) is 6.17 Å². The summed E-state index contributed by atoms with van der Waals surface area (Å²) in [6.45, 7) is 6.25. The van der Waals surface area contributed by atoms with Gasteiger partial charge >= 0.3 is 0 Å². The lowest BCUT2D eigenvalue weighted by atomic mass is 10.1. The number of carbonyl (C=O) groups is 1. The van der Waals surface area contributed by atoms with E-state index >= 15 is 0 Å². The van der Waals surface area contributed by atoms with Gasteiger partial charge in [-0.15, -0.1) is 0 Å². The number of ether oxygens (including phenoxy) is 2. The molecule has 1 heterocycles. The average molecular weight is 361 g/mol. The fourth-order valence-corrected chi connectivity index (χ4v) is 3.01. The summed E-state index contributed by atoms with van der Waals surface area (Å²) in [4.78, 5) is 12.3. The summed E-state index contributed by atoms with van der Waals surface area (Å²) in [7, 11) is 0. The molecule has 6 heteroatoms. The molecular weight excluding hydrogens is 340 g/mol. The molecule has 0 unspecified atom stereocenters. The topological polar surface area (TPSA) is 59.6 Å². The van der Waals surface area contributed by atoms with Crippen LogP contribution in [0.5, 0.6) is 11.5 Å². The molecule has 0 bridgehead atoms. The Morgan fingerprint density at radius 1 is 1.20 bits per heavy atom. The molecule has 0 spiro atoms. The Hall–Kier alpha value is -2.40. The summed E-state index contributed by atoms with van der Waals surface area (Å²) < 4.78 is 11.5. The molecule has 1 atom stereocenters. The van der Waals surface area contributed by atoms with Gasteiger partial charge in [-0.3, -0.25) is 4.79 Å². The minimum Gasteiger partial charge on any atom is -0.490 e. The van der Waals surface area contributed by atoms with Crippen LogP contribution in [0, 0.1) is 0 Å². The van der Waals surface area contributed by atoms with Gasteiger partial charge in [0.05, 0.1) is 23.3 Å². The molecule has 0 radical (unpaired) electrons. The second kappa shape index (κ2) is 7.23. The van der Waals surface area contributed by atoms with E-state index in [2.05, 4.69) is 10.6 Å². The molecule has 3 rings (SSSR count). The molecule has 0 aromatic heterocycles. The van der Waals surface area contributed by atoms with E-state index < -0.39 is 6.17 Å². The summed E-state index contributed by atoms with van der Waals surface area (Å²) in [5.41, 5.74) is 2.20. The second-order valence-corrected chi connectivity index (χ2v) is 6.43. The van der Waals surface area contributed by atoms with Gasteiger partial charge in [0.2, 0.25) is 0 Å². The third kappa shape index (κ3) is 3.66. The van der Waals surface area contributed by atoms with Crippen molar-refractivity contribution in [2.45, 2.75) is 33.0 Å². The third-order valence-electron chi connectivity index (χ3n) is 3.77. The van der Waals surface area contributed by atoms with E-state index in [0.717, 1.165) is 11.3 Å². The first-order chi connectivity index (χ1) is 12.0. The van der Waals surface area contributed by atoms with Gasteiger partial charge in [-0.1, -0.05) is 23.7 Å². The van der Waals surface area contributed by atoms with E-state index in [1.54, 1.807) is 12.1 Å². The van der Waals surface area contributed by atoms with Crippen LogP contribution in [0.2, 0.25) is 5.02 Å². The van der Waals surface area contributed by atoms with Crippen LogP contribution in [0.3, 0.4) is 0 Å². The maximum atomic E-state index is 12.3. The van der Waals surface area contributed by atoms with Gasteiger partial charge in [-0.05, 0) is 50.6 Å². The van der Waals surface area contributed by atoms with Gasteiger partial charge < -0.3 is 20.1 Å². The van der Waals surface area contributed by atoms with Crippen molar-refractivity contribution in [3.8, 4) is 11.5 Å². The largest absolute Gasteiger partial charge is 0.490 e. The van der Waals surface area contributed by atoms with E-state index in [1.807, 2.05) is 45.0 Å². The number of para-hydroxylation sites is 1. The molecule has 0 fully saturated rings. The molecular formula is C19H21ClN2O3. The van der Waals surface area contributed by atoms with E-state index in [0.29, 0.717) is 28.7 Å². The highest BCUT2D eigenvalue weighted by Crippen LogP contribution is 2.39. The zero-order chi connectivity index (χ0) is 18.0. The van der Waals surface area contributed by atoms with Crippen LogP contribution >= 0.6 is 11.6 Å². The Balaban J connectivity index is 1.97. The molecule has 1 aliphatic heterocycles. The lowest BCUT2D eigenvalue weighted by Gasteiger charge is -2.29. The number of rotatable bonds is 5. The van der Waals surface area contributed by atoms with Crippen molar-refractivity contribution in [2.24, 2.45) is 0 Å². The Bertz CT molecular complexity index is 792. The number of amides is 1. The van der Waals surface area contributed by atoms with Crippen LogP contribution in [-0.4, -0.2) is 18.6 Å². The van der Waals surface area contributed by atoms with Crippen molar-refractivity contribution in [3.63, 3.8) is 0 Å². The molecule has 0 saturated carbocycles. The molecule has 2 aromatic rings. The Morgan fingerprint density at radius 2 is 1.96 bits per heavy atom. The SMILES string of the molecule is CCOc1cc([C@@H]2NC(=O)c3ccccc3N2)cc(Cl)c1OC(C)C. The number of nitrogens with one attached hydrogen (secondary N) is 2. The van der Waals surface area contributed by atoms with Crippen molar-refractivity contribution < 1.29 is 14.3 Å². The highest BCUT2D eigenvalue weighted by atomic mass is 35.5. The average Bonchev–Trinajstić information content (AvgIpc) is 2.57. The molecule has 1 aliphatic rings. The number of hydrogen-bond donors (Lipinski definition) is 2. The Labute approximate surface area is 152 Å². The zero-order valence-electron chi connectivity index (χ0n) is 14.4. The van der Waals surface area contributed by atoms with Crippen molar-refractivity contribution in [2.75, 3.05) is 11.9 Å². The summed E-state index contributed by atoms with van der Waals surface area (Å²) >= 11 is 6.42. The Morgan fingerprint density at radius 3 is 2.68 bits per heavy atom. The number of hydrogen-bond acceptors (Lipinski definition) is 4. The van der Waals surface area contributed by atoms with Crippen LogP contribution in [0.15, 0.2) is 36.4 Å². The Kier molecular flexibility index (Phi) is 5.04. The van der Waals surface area contributed by atoms with Crippen molar-refractivity contribution >= 4 is 23.2 Å². The number of fused-ring (bicyclic) bond motifs is 1. The standard InChI is InChI=1S/C19H21ClN2O3/c1-4-24-16-10-12(9-14(20)17(16)25-11(2)3)18-21-15-8-6-5-7-13(15)19(23)22-18/h5-11,18,21H,4H2,1-3H3,(H,22,23)/t18-/m0/s1. The van der Waals surface area contributed by atoms with E-state index in [4.69, 9.17) is 21.1 Å². The van der Waals surface area contributed by atoms with Crippen molar-refractivity contribution in [1.29, 1.82) is 0 Å². The molecule has 132 valence electrons. The minimum absolute atomic E-state index is 0.0260. The first kappa shape index (κ1) is 17.4. The number of benzene rings is 2. The lowest BCUT2D eigenvalue weighted by Crippen LogP contribution is -2.38. The fourth-order valence-electron chi connectivity index (χ4n) is 2.74. The highest BCUT2D eigenvalue weighted by molar-refractivity contribution is 6.32. The van der Waals surface area contributed by atoms with Crippen LogP contribution in [0.1, 0.15) is 42.9 Å². The quantitative estimate of drug-likeness (QED) is 0.830. The number of anilines is 1. The maximum Gasteiger partial charge on any atom is 0.255 e. The predicted molar refractivity (Wildman–Crippen MR) is 98.7 cm³/mol. The first-order valence-corrected chi connectivity index (χ1v) is 8.66. The van der Waals surface area contributed by atoms with E-state index in [-0.39, 0.29) is 12.0 Å². The minimum atomic E-state index is -0.396. The van der Waals surface area contributed by atoms with E-state index in [1.165, 1.54) is 0 Å². The third-order valence-corrected chi connectivity index (χ3v) is 4.05. The molecule has 5 nitrogen and oxygen atoms in total. The van der Waals surface area contributed by atoms with E-state index in [9.17, 15) is 4.79 Å². The summed E-state index contributed by atoms with van der Waals surface area (Å²) in [5.74, 6) is 0.953. The summed E-state index contributed by atoms with van der Waals surface area (Å²) in [6, 6.07) is 11.0. The predicted octanol–water partition coefficient (Wildman–Crippen LogP) is 4.38. The van der Waals surface area contributed by atoms with Crippen LogP contribution < -0.4 is 20.1 Å². The smallest absolute Gasteiger partial charge is 0.255 e. The van der Waals surface area contributed by atoms with Crippen LogP contribution in [0.25, 0.3) is 0 Å². The molecule has 2 N–H and O–H groups in total. The van der Waals surface area contributed by atoms with Crippen LogP contribution in [0.4, 0.5) is 5.69 Å². The molecule has 25 heavy (non-hydrogen) atoms. The molecule has 0 saturated heterocycles. The molecule has 0 aliphatic carbocycles. The fraction of sp³-hybridized carbons (Fsp3) is 0.316. The monoisotopic (exact) mass is 360 g/mol. The summed E-state index contributed by atoms with van der Waals surface area (Å²) in [5, 5.41) is 6.70. The van der Waals surface area contributed by atoms with Crippen molar-refractivity contribution in [1.82, 2.24) is 5.32 Å². The van der Waals surface area contributed by atoms with Gasteiger partial charge in [0.25, 0.3) is 5.91 Å². The summed E-state index contributed by atoms with van der Waals surface area (Å²) in [6.07, 6.45) is -0.422. The maximum absolute atomic E-state index is 12.3. The van der Waals surface area contributed by atoms with Gasteiger partial charge in [0.15, 0.2) is 11.5 Å². The number of carbonyl (C=O) groups excluding carboxylic acids is 1. The number of halogens is 1. The normalized spacial score (nSPS) is 16.0. The van der Waals surface area contributed by atoms with Gasteiger partial charge in [-0.25, -0.2) is 0 Å². The van der Waals surface area contributed by atoms with Crippen LogP contribution in [-0.2, 0) is 0 Å². The van der Waals surface area contributed by atoms with Gasteiger partial charge in [-0.2, -0.15) is 0 Å². The lowest BCUT2D eigenvalue weighted by molar-refractivity contribution is 0.0935. The first-order valence-electron chi connectivity index (χ1n) is 8.29. The van der Waals surface area contributed by atoms with Gasteiger partial charge in [0, 0.05) is 5.69 Å². The highest BCUT2D eigenvalue weighted by Gasteiger charge is 2.26. The molecule has 1 amide bonds. The van der Waals surface area contributed by atoms with Crippen molar-refractivity contribution in [3.05, 3.63) is 52.5 Å². The second-order valence-electron chi connectivity index (χ2n) is 6.03. The zero-order valence-corrected chi connectivity index (χ0v) is 15.2. The molecule has 2 aromatic carbocycles.